The highest BCUT2D eigenvalue weighted by molar-refractivity contribution is 5.72. The molecule has 2 aliphatic carbocycles. The minimum Gasteiger partial charge on any atom is -0.462 e. The van der Waals surface area contributed by atoms with Gasteiger partial charge >= 0.3 is 5.97 Å². The van der Waals surface area contributed by atoms with Crippen LogP contribution in [-0.4, -0.2) is 33.4 Å². The van der Waals surface area contributed by atoms with Crippen molar-refractivity contribution < 1.29 is 14.7 Å². The monoisotopic (exact) mass is 449 g/mol. The number of esters is 1. The first-order valence-corrected chi connectivity index (χ1v) is 12.5. The van der Waals surface area contributed by atoms with Crippen molar-refractivity contribution in [2.24, 2.45) is 5.92 Å². The molecule has 0 radical (unpaired) electrons. The highest BCUT2D eigenvalue weighted by Gasteiger charge is 2.46. The van der Waals surface area contributed by atoms with E-state index >= 15 is 0 Å². The van der Waals surface area contributed by atoms with Crippen LogP contribution in [0.4, 0.5) is 0 Å². The number of benzene rings is 1. The van der Waals surface area contributed by atoms with Crippen molar-refractivity contribution in [1.29, 1.82) is 0 Å². The maximum atomic E-state index is 12.9. The van der Waals surface area contributed by atoms with Crippen molar-refractivity contribution in [3.05, 3.63) is 71.8 Å². The maximum absolute atomic E-state index is 12.9. The number of ether oxygens (including phenoxy) is 1. The summed E-state index contributed by atoms with van der Waals surface area (Å²) in [6, 6.07) is 9.03. The van der Waals surface area contributed by atoms with Crippen molar-refractivity contribution in [2.75, 3.05) is 0 Å². The number of hydroxylamine groups is 2. The minimum atomic E-state index is -0.407. The van der Waals surface area contributed by atoms with Crippen molar-refractivity contribution in [3.8, 4) is 0 Å². The number of carbonyl (C=O) groups is 1. The zero-order valence-corrected chi connectivity index (χ0v) is 20.5. The molecule has 1 saturated heterocycles. The lowest BCUT2D eigenvalue weighted by atomic mass is 9.78. The fourth-order valence-corrected chi connectivity index (χ4v) is 5.96. The van der Waals surface area contributed by atoms with E-state index in [1.807, 2.05) is 27.7 Å². The molecule has 1 N–H and O–H groups in total. The van der Waals surface area contributed by atoms with Crippen LogP contribution >= 0.6 is 0 Å². The molecular formula is C29H39NO3. The van der Waals surface area contributed by atoms with E-state index in [1.165, 1.54) is 16.2 Å². The smallest absolute Gasteiger partial charge is 0.309 e. The van der Waals surface area contributed by atoms with Crippen LogP contribution in [0, 0.1) is 5.92 Å². The number of nitrogens with zero attached hydrogens (tertiary/aromatic N) is 1. The van der Waals surface area contributed by atoms with Gasteiger partial charge < -0.3 is 9.94 Å². The summed E-state index contributed by atoms with van der Waals surface area (Å²) in [6.45, 7) is 8.02. The first-order chi connectivity index (χ1) is 15.7. The van der Waals surface area contributed by atoms with Crippen molar-refractivity contribution in [1.82, 2.24) is 5.06 Å². The van der Waals surface area contributed by atoms with Gasteiger partial charge in [-0.05, 0) is 70.4 Å². The Morgan fingerprint density at radius 3 is 1.91 bits per heavy atom. The number of piperidine rings is 1. The Kier molecular flexibility index (Phi) is 6.97. The predicted molar refractivity (Wildman–Crippen MR) is 132 cm³/mol. The van der Waals surface area contributed by atoms with E-state index in [-0.39, 0.29) is 18.0 Å². The van der Waals surface area contributed by atoms with Crippen LogP contribution < -0.4 is 0 Å². The quantitative estimate of drug-likeness (QED) is 0.521. The number of allylic oxidation sites excluding steroid dienone is 6. The fraction of sp³-hybridized carbons (Fsp3) is 0.552. The van der Waals surface area contributed by atoms with Crippen LogP contribution in [0.25, 0.3) is 0 Å². The first kappa shape index (κ1) is 24.0. The summed E-state index contributed by atoms with van der Waals surface area (Å²) in [7, 11) is 0. The lowest BCUT2D eigenvalue weighted by molar-refractivity contribution is -0.260. The summed E-state index contributed by atoms with van der Waals surface area (Å²) >= 11 is 0. The average Bonchev–Trinajstić information content (AvgIpc) is 3.07. The molecule has 4 nitrogen and oxygen atoms in total. The summed E-state index contributed by atoms with van der Waals surface area (Å²) in [5.74, 6) is 0.785. The summed E-state index contributed by atoms with van der Waals surface area (Å²) in [5.41, 5.74) is 1.88. The molecule has 0 amide bonds. The molecule has 1 saturated carbocycles. The molecule has 1 heterocycles. The van der Waals surface area contributed by atoms with Gasteiger partial charge in [0.2, 0.25) is 0 Å². The van der Waals surface area contributed by atoms with E-state index < -0.39 is 11.1 Å². The molecule has 0 spiro atoms. The van der Waals surface area contributed by atoms with E-state index in [0.717, 1.165) is 25.7 Å². The van der Waals surface area contributed by atoms with Crippen LogP contribution in [0.3, 0.4) is 0 Å². The second kappa shape index (κ2) is 9.60. The van der Waals surface area contributed by atoms with Gasteiger partial charge in [0.1, 0.15) is 6.10 Å². The number of hydrogen-bond acceptors (Lipinski definition) is 4. The third-order valence-corrected chi connectivity index (χ3v) is 7.71. The maximum Gasteiger partial charge on any atom is 0.309 e. The van der Waals surface area contributed by atoms with E-state index in [1.54, 1.807) is 0 Å². The lowest BCUT2D eigenvalue weighted by Crippen LogP contribution is -2.60. The lowest BCUT2D eigenvalue weighted by Gasteiger charge is -2.51. The van der Waals surface area contributed by atoms with Gasteiger partial charge in [-0.1, -0.05) is 60.7 Å². The third-order valence-electron chi connectivity index (χ3n) is 7.71. The zero-order valence-electron chi connectivity index (χ0n) is 20.5. The van der Waals surface area contributed by atoms with E-state index in [4.69, 9.17) is 4.74 Å². The molecule has 0 atom stereocenters. The molecule has 3 aliphatic rings. The van der Waals surface area contributed by atoms with Gasteiger partial charge in [0.05, 0.1) is 5.92 Å². The second-order valence-electron chi connectivity index (χ2n) is 11.3. The van der Waals surface area contributed by atoms with Crippen molar-refractivity contribution in [2.45, 2.75) is 95.2 Å². The van der Waals surface area contributed by atoms with Crippen LogP contribution in [0.15, 0.2) is 60.7 Å². The molecule has 0 bridgehead atoms. The minimum absolute atomic E-state index is 0.00679. The standard InChI is InChI=1S/C29H39NO3/c1-28(2)19-26(20-29(3,4)30(28)32)33-27(31)25-17-15-24(16-18-25)23-13-11-22(12-14-23)21-9-7-5-6-8-10-21/h5-14,21,24-26,32H,15-20H2,1-4H3. The molecule has 178 valence electrons. The first-order valence-electron chi connectivity index (χ1n) is 12.5. The van der Waals surface area contributed by atoms with Crippen LogP contribution in [0.2, 0.25) is 0 Å². The molecule has 1 aromatic rings. The second-order valence-corrected chi connectivity index (χ2v) is 11.3. The molecule has 2 fully saturated rings. The van der Waals surface area contributed by atoms with E-state index in [9.17, 15) is 10.0 Å². The molecule has 33 heavy (non-hydrogen) atoms. The largest absolute Gasteiger partial charge is 0.462 e. The summed E-state index contributed by atoms with van der Waals surface area (Å²) < 4.78 is 5.99. The summed E-state index contributed by atoms with van der Waals surface area (Å²) in [4.78, 5) is 12.9. The Balaban J connectivity index is 1.30. The van der Waals surface area contributed by atoms with Gasteiger partial charge in [0.25, 0.3) is 0 Å². The summed E-state index contributed by atoms with van der Waals surface area (Å²) in [5, 5.41) is 11.9. The molecule has 1 aromatic carbocycles. The molecule has 4 rings (SSSR count). The van der Waals surface area contributed by atoms with Gasteiger partial charge in [0, 0.05) is 29.8 Å². The van der Waals surface area contributed by atoms with E-state index in [2.05, 4.69) is 60.7 Å². The van der Waals surface area contributed by atoms with Gasteiger partial charge in [-0.2, -0.15) is 5.06 Å². The van der Waals surface area contributed by atoms with Gasteiger partial charge in [-0.3, -0.25) is 4.79 Å². The molecule has 0 aromatic heterocycles. The molecule has 0 unspecified atom stereocenters. The Morgan fingerprint density at radius 1 is 0.848 bits per heavy atom. The Hall–Kier alpha value is -2.17. The van der Waals surface area contributed by atoms with Gasteiger partial charge in [-0.25, -0.2) is 0 Å². The number of hydrogen-bond donors (Lipinski definition) is 1. The predicted octanol–water partition coefficient (Wildman–Crippen LogP) is 6.68. The highest BCUT2D eigenvalue weighted by atomic mass is 16.5. The Morgan fingerprint density at radius 2 is 1.36 bits per heavy atom. The zero-order chi connectivity index (χ0) is 23.6. The van der Waals surface area contributed by atoms with Gasteiger partial charge in [-0.15, -0.1) is 0 Å². The average molecular weight is 450 g/mol. The normalized spacial score (nSPS) is 27.9. The summed E-state index contributed by atoms with van der Waals surface area (Å²) in [6.07, 6.45) is 17.8. The Bertz CT molecular complexity index is 883. The molecule has 4 heteroatoms. The van der Waals surface area contributed by atoms with E-state index in [0.29, 0.717) is 24.7 Å². The third kappa shape index (κ3) is 5.50. The topological polar surface area (TPSA) is 49.8 Å². The molecular weight excluding hydrogens is 410 g/mol. The van der Waals surface area contributed by atoms with Crippen LogP contribution in [0.5, 0.6) is 0 Å². The number of carbonyl (C=O) groups excluding carboxylic acids is 1. The Labute approximate surface area is 199 Å². The molecule has 1 aliphatic heterocycles. The highest BCUT2D eigenvalue weighted by Crippen LogP contribution is 2.40. The van der Waals surface area contributed by atoms with Crippen LogP contribution in [-0.2, 0) is 9.53 Å². The van der Waals surface area contributed by atoms with Crippen molar-refractivity contribution >= 4 is 5.97 Å². The van der Waals surface area contributed by atoms with Crippen LogP contribution in [0.1, 0.15) is 89.2 Å². The van der Waals surface area contributed by atoms with Crippen molar-refractivity contribution in [3.63, 3.8) is 0 Å². The van der Waals surface area contributed by atoms with Gasteiger partial charge in [0.15, 0.2) is 0 Å². The number of rotatable bonds is 4. The fourth-order valence-electron chi connectivity index (χ4n) is 5.96. The SMILES string of the molecule is CC1(C)CC(OC(=O)C2CCC(c3ccc(C4C=CC=CC=C4)cc3)CC2)CC(C)(C)N1O.